The standard InChI is InChI=1S/C18H27NO2/c1-13-10-17(21-5)15(18(2,3)4)11-14(13)16(20)12-19-8-6-7-9-19/h10-11H,6-9,12H2,1-5H3. The fourth-order valence-corrected chi connectivity index (χ4v) is 2.97. The van der Waals surface area contributed by atoms with Crippen LogP contribution in [-0.4, -0.2) is 37.4 Å². The van der Waals surface area contributed by atoms with Crippen molar-refractivity contribution in [2.24, 2.45) is 0 Å². The lowest BCUT2D eigenvalue weighted by atomic mass is 9.84. The van der Waals surface area contributed by atoms with Crippen molar-refractivity contribution in [1.29, 1.82) is 0 Å². The number of hydrogen-bond acceptors (Lipinski definition) is 3. The molecule has 1 aromatic rings. The molecule has 1 heterocycles. The van der Waals surface area contributed by atoms with Crippen LogP contribution in [0.25, 0.3) is 0 Å². The summed E-state index contributed by atoms with van der Waals surface area (Å²) in [6, 6.07) is 4.03. The van der Waals surface area contributed by atoms with Gasteiger partial charge >= 0.3 is 0 Å². The van der Waals surface area contributed by atoms with Crippen LogP contribution in [0.3, 0.4) is 0 Å². The minimum absolute atomic E-state index is 0.0400. The second kappa shape index (κ2) is 6.18. The van der Waals surface area contributed by atoms with E-state index in [1.54, 1.807) is 7.11 Å². The Kier molecular flexibility index (Phi) is 4.72. The van der Waals surface area contributed by atoms with Gasteiger partial charge in [-0.1, -0.05) is 20.8 Å². The Morgan fingerprint density at radius 2 is 1.86 bits per heavy atom. The number of carbonyl (C=O) groups excluding carboxylic acids is 1. The van der Waals surface area contributed by atoms with Gasteiger partial charge in [-0.3, -0.25) is 9.69 Å². The number of likely N-dealkylation sites (tertiary alicyclic amines) is 1. The minimum atomic E-state index is -0.0400. The van der Waals surface area contributed by atoms with Crippen molar-refractivity contribution in [1.82, 2.24) is 4.90 Å². The molecular weight excluding hydrogens is 262 g/mol. The van der Waals surface area contributed by atoms with Crippen LogP contribution in [0, 0.1) is 6.92 Å². The van der Waals surface area contributed by atoms with Gasteiger partial charge in [-0.15, -0.1) is 0 Å². The fraction of sp³-hybridized carbons (Fsp3) is 0.611. The van der Waals surface area contributed by atoms with Crippen LogP contribution < -0.4 is 4.74 Å². The predicted octanol–water partition coefficient (Wildman–Crippen LogP) is 3.58. The first kappa shape index (κ1) is 16.0. The molecule has 0 radical (unpaired) electrons. The second-order valence-corrected chi connectivity index (χ2v) is 7.02. The molecule has 2 rings (SSSR count). The number of rotatable bonds is 4. The molecule has 0 saturated carbocycles. The van der Waals surface area contributed by atoms with Crippen LogP contribution in [0.1, 0.15) is 55.1 Å². The molecule has 21 heavy (non-hydrogen) atoms. The lowest BCUT2D eigenvalue weighted by Gasteiger charge is -2.24. The van der Waals surface area contributed by atoms with Crippen LogP contribution in [0.4, 0.5) is 0 Å². The van der Waals surface area contributed by atoms with Crippen molar-refractivity contribution < 1.29 is 9.53 Å². The Morgan fingerprint density at radius 3 is 2.38 bits per heavy atom. The van der Waals surface area contributed by atoms with Gasteiger partial charge in [-0.25, -0.2) is 0 Å². The topological polar surface area (TPSA) is 29.5 Å². The number of aryl methyl sites for hydroxylation is 1. The Balaban J connectivity index is 2.32. The largest absolute Gasteiger partial charge is 0.496 e. The van der Waals surface area contributed by atoms with Gasteiger partial charge in [0, 0.05) is 11.1 Å². The van der Waals surface area contributed by atoms with Crippen LogP contribution in [0.15, 0.2) is 12.1 Å². The second-order valence-electron chi connectivity index (χ2n) is 7.02. The number of benzene rings is 1. The van der Waals surface area contributed by atoms with Gasteiger partial charge in [0.15, 0.2) is 5.78 Å². The average Bonchev–Trinajstić information content (AvgIpc) is 2.89. The number of nitrogens with zero attached hydrogens (tertiary/aromatic N) is 1. The van der Waals surface area contributed by atoms with Crippen molar-refractivity contribution in [3.05, 3.63) is 28.8 Å². The Hall–Kier alpha value is -1.35. The summed E-state index contributed by atoms with van der Waals surface area (Å²) in [7, 11) is 1.69. The molecule has 0 N–H and O–H groups in total. The monoisotopic (exact) mass is 289 g/mol. The van der Waals surface area contributed by atoms with Gasteiger partial charge in [0.25, 0.3) is 0 Å². The smallest absolute Gasteiger partial charge is 0.177 e. The summed E-state index contributed by atoms with van der Waals surface area (Å²) in [6.45, 7) is 11.1. The van der Waals surface area contributed by atoms with Gasteiger partial charge < -0.3 is 4.74 Å². The van der Waals surface area contributed by atoms with E-state index in [0.29, 0.717) is 6.54 Å². The molecular formula is C18H27NO2. The average molecular weight is 289 g/mol. The zero-order valence-electron chi connectivity index (χ0n) is 14.0. The van der Waals surface area contributed by atoms with Crippen LogP contribution in [0.2, 0.25) is 0 Å². The zero-order valence-corrected chi connectivity index (χ0v) is 14.0. The molecule has 0 spiro atoms. The summed E-state index contributed by atoms with van der Waals surface area (Å²) in [5, 5.41) is 0. The van der Waals surface area contributed by atoms with Crippen molar-refractivity contribution in [3.8, 4) is 5.75 Å². The van der Waals surface area contributed by atoms with E-state index < -0.39 is 0 Å². The lowest BCUT2D eigenvalue weighted by Crippen LogP contribution is -2.27. The third kappa shape index (κ3) is 3.65. The predicted molar refractivity (Wildman–Crippen MR) is 86.4 cm³/mol. The molecule has 1 aliphatic heterocycles. The van der Waals surface area contributed by atoms with E-state index >= 15 is 0 Å². The summed E-state index contributed by atoms with van der Waals surface area (Å²) < 4.78 is 5.50. The summed E-state index contributed by atoms with van der Waals surface area (Å²) in [4.78, 5) is 14.9. The Morgan fingerprint density at radius 1 is 1.24 bits per heavy atom. The molecule has 0 atom stereocenters. The number of hydrogen-bond donors (Lipinski definition) is 0. The van der Waals surface area contributed by atoms with Gasteiger partial charge in [-0.2, -0.15) is 0 Å². The molecule has 0 aromatic heterocycles. The van der Waals surface area contributed by atoms with Crippen LogP contribution >= 0.6 is 0 Å². The van der Waals surface area contributed by atoms with Gasteiger partial charge in [0.1, 0.15) is 5.75 Å². The van der Waals surface area contributed by atoms with Gasteiger partial charge in [-0.05, 0) is 56.0 Å². The maximum atomic E-state index is 12.6. The molecule has 0 aliphatic carbocycles. The molecule has 1 saturated heterocycles. The van der Waals surface area contributed by atoms with E-state index in [1.165, 1.54) is 12.8 Å². The zero-order chi connectivity index (χ0) is 15.6. The summed E-state index contributed by atoms with van der Waals surface area (Å²) in [6.07, 6.45) is 2.42. The third-order valence-corrected chi connectivity index (χ3v) is 4.22. The van der Waals surface area contributed by atoms with E-state index in [4.69, 9.17) is 4.74 Å². The number of carbonyl (C=O) groups is 1. The number of ketones is 1. The van der Waals surface area contributed by atoms with E-state index in [2.05, 4.69) is 25.7 Å². The highest BCUT2D eigenvalue weighted by Crippen LogP contribution is 2.33. The highest BCUT2D eigenvalue weighted by atomic mass is 16.5. The molecule has 3 nitrogen and oxygen atoms in total. The number of methoxy groups -OCH3 is 1. The molecule has 3 heteroatoms. The Bertz CT molecular complexity index is 523. The van der Waals surface area contributed by atoms with E-state index in [9.17, 15) is 4.79 Å². The van der Waals surface area contributed by atoms with E-state index in [-0.39, 0.29) is 11.2 Å². The quantitative estimate of drug-likeness (QED) is 0.794. The molecule has 0 bridgehead atoms. The maximum Gasteiger partial charge on any atom is 0.177 e. The van der Waals surface area contributed by atoms with Gasteiger partial charge in [0.05, 0.1) is 13.7 Å². The molecule has 1 aromatic carbocycles. The summed E-state index contributed by atoms with van der Waals surface area (Å²) >= 11 is 0. The van der Waals surface area contributed by atoms with Crippen molar-refractivity contribution in [3.63, 3.8) is 0 Å². The first-order valence-electron chi connectivity index (χ1n) is 7.77. The molecule has 1 fully saturated rings. The third-order valence-electron chi connectivity index (χ3n) is 4.22. The molecule has 0 unspecified atom stereocenters. The summed E-state index contributed by atoms with van der Waals surface area (Å²) in [5.74, 6) is 1.10. The highest BCUT2D eigenvalue weighted by molar-refractivity contribution is 5.99. The van der Waals surface area contributed by atoms with E-state index in [1.807, 2.05) is 19.1 Å². The van der Waals surface area contributed by atoms with Crippen LogP contribution in [-0.2, 0) is 5.41 Å². The van der Waals surface area contributed by atoms with Crippen molar-refractivity contribution in [2.75, 3.05) is 26.7 Å². The minimum Gasteiger partial charge on any atom is -0.496 e. The summed E-state index contributed by atoms with van der Waals surface area (Å²) in [5.41, 5.74) is 2.90. The number of Topliss-reactive ketones (excluding diaryl/α,β-unsaturated/α-hetero) is 1. The molecule has 1 aliphatic rings. The van der Waals surface area contributed by atoms with Crippen LogP contribution in [0.5, 0.6) is 5.75 Å². The number of ether oxygens (including phenoxy) is 1. The van der Waals surface area contributed by atoms with E-state index in [0.717, 1.165) is 35.5 Å². The highest BCUT2D eigenvalue weighted by Gasteiger charge is 2.23. The lowest BCUT2D eigenvalue weighted by molar-refractivity contribution is 0.0944. The fourth-order valence-electron chi connectivity index (χ4n) is 2.97. The molecule has 116 valence electrons. The maximum absolute atomic E-state index is 12.6. The Labute approximate surface area is 128 Å². The van der Waals surface area contributed by atoms with Crippen molar-refractivity contribution >= 4 is 5.78 Å². The molecule has 0 amide bonds. The SMILES string of the molecule is COc1cc(C)c(C(=O)CN2CCCC2)cc1C(C)(C)C. The first-order valence-corrected chi connectivity index (χ1v) is 7.77. The normalized spacial score (nSPS) is 16.2. The van der Waals surface area contributed by atoms with Crippen molar-refractivity contribution in [2.45, 2.75) is 46.0 Å². The van der Waals surface area contributed by atoms with Gasteiger partial charge in [0.2, 0.25) is 0 Å². The first-order chi connectivity index (χ1) is 9.82.